The number of hydrogen-bond donors (Lipinski definition) is 2. The number of amides is 1. The molecule has 0 bridgehead atoms. The first kappa shape index (κ1) is 16.2. The largest absolute Gasteiger partial charge is 0.435 e. The number of ether oxygens (including phenoxy) is 1. The Morgan fingerprint density at radius 2 is 2.00 bits per heavy atom. The highest BCUT2D eigenvalue weighted by Gasteiger charge is 2.54. The van der Waals surface area contributed by atoms with Gasteiger partial charge in [-0.05, 0) is 42.4 Å². The topological polar surface area (TPSA) is 58.6 Å². The van der Waals surface area contributed by atoms with Crippen molar-refractivity contribution in [3.63, 3.8) is 0 Å². The lowest BCUT2D eigenvalue weighted by atomic mass is 10.0. The Bertz CT molecular complexity index is 555. The summed E-state index contributed by atoms with van der Waals surface area (Å²) in [5.41, 5.74) is 0.441. The van der Waals surface area contributed by atoms with E-state index >= 15 is 0 Å². The highest BCUT2D eigenvalue weighted by molar-refractivity contribution is 5.82. The summed E-state index contributed by atoms with van der Waals surface area (Å²) >= 11 is 0. The molecule has 0 aromatic heterocycles. The molecule has 1 amide bonds. The second-order valence-corrected chi connectivity index (χ2v) is 6.35. The average molecular weight is 325 g/mol. The van der Waals surface area contributed by atoms with E-state index in [0.717, 1.165) is 12.8 Å². The third-order valence-electron chi connectivity index (χ3n) is 4.90. The number of alkyl halides is 2. The standard InChI is InChI=1S/C17H21F2NO3/c18-17(19)23-11-5-3-4-10(8-11)14(21)9-20-16(22)15-12-6-1-2-7-13(12)15/h3-5,8,12-15,17,21H,1-2,6-7,9H2,(H,20,22). The van der Waals surface area contributed by atoms with Gasteiger partial charge in [0.15, 0.2) is 0 Å². The summed E-state index contributed by atoms with van der Waals surface area (Å²) in [7, 11) is 0. The van der Waals surface area contributed by atoms with Gasteiger partial charge in [0.1, 0.15) is 5.75 Å². The van der Waals surface area contributed by atoms with Gasteiger partial charge in [-0.3, -0.25) is 4.79 Å². The summed E-state index contributed by atoms with van der Waals surface area (Å²) in [6, 6.07) is 5.91. The molecule has 0 spiro atoms. The monoisotopic (exact) mass is 325 g/mol. The molecule has 3 atom stereocenters. The van der Waals surface area contributed by atoms with Gasteiger partial charge < -0.3 is 15.2 Å². The Labute approximate surface area is 133 Å². The Balaban J connectivity index is 1.51. The number of aliphatic hydroxyl groups excluding tert-OH is 1. The van der Waals surface area contributed by atoms with Crippen LogP contribution in [-0.4, -0.2) is 24.2 Å². The zero-order valence-corrected chi connectivity index (χ0v) is 12.8. The SMILES string of the molecule is O=C(NCC(O)c1cccc(OC(F)F)c1)C1C2CCCCC21. The van der Waals surface area contributed by atoms with Crippen molar-refractivity contribution in [2.75, 3.05) is 6.54 Å². The Hall–Kier alpha value is -1.69. The van der Waals surface area contributed by atoms with Crippen LogP contribution in [0.5, 0.6) is 5.75 Å². The first-order valence-corrected chi connectivity index (χ1v) is 8.07. The minimum absolute atomic E-state index is 0.000866. The van der Waals surface area contributed by atoms with Crippen molar-refractivity contribution < 1.29 is 23.4 Å². The van der Waals surface area contributed by atoms with Crippen molar-refractivity contribution in [1.82, 2.24) is 5.32 Å². The van der Waals surface area contributed by atoms with E-state index in [1.54, 1.807) is 6.07 Å². The summed E-state index contributed by atoms with van der Waals surface area (Å²) in [4.78, 5) is 12.2. The van der Waals surface area contributed by atoms with E-state index in [-0.39, 0.29) is 24.1 Å². The molecule has 0 saturated heterocycles. The number of nitrogens with one attached hydrogen (secondary N) is 1. The second kappa shape index (κ2) is 6.83. The van der Waals surface area contributed by atoms with Crippen molar-refractivity contribution in [2.45, 2.75) is 38.4 Å². The van der Waals surface area contributed by atoms with Crippen LogP contribution in [-0.2, 0) is 4.79 Å². The summed E-state index contributed by atoms with van der Waals surface area (Å²) in [5.74, 6) is 1.13. The normalized spacial score (nSPS) is 27.2. The molecular formula is C17H21F2NO3. The van der Waals surface area contributed by atoms with Gasteiger partial charge in [-0.1, -0.05) is 25.0 Å². The maximum atomic E-state index is 12.2. The molecule has 2 aliphatic rings. The molecule has 126 valence electrons. The van der Waals surface area contributed by atoms with Crippen LogP contribution in [0.1, 0.15) is 37.4 Å². The van der Waals surface area contributed by atoms with Crippen LogP contribution in [0.4, 0.5) is 8.78 Å². The Morgan fingerprint density at radius 3 is 2.65 bits per heavy atom. The lowest BCUT2D eigenvalue weighted by Crippen LogP contribution is -2.30. The molecule has 1 aromatic rings. The number of carbonyl (C=O) groups is 1. The highest BCUT2D eigenvalue weighted by Crippen LogP contribution is 2.55. The molecular weight excluding hydrogens is 304 g/mol. The van der Waals surface area contributed by atoms with Gasteiger partial charge in [-0.15, -0.1) is 0 Å². The summed E-state index contributed by atoms with van der Waals surface area (Å²) < 4.78 is 28.7. The van der Waals surface area contributed by atoms with Gasteiger partial charge in [-0.2, -0.15) is 8.78 Å². The predicted octanol–water partition coefficient (Wildman–Crippen LogP) is 2.87. The van der Waals surface area contributed by atoms with Crippen LogP contribution >= 0.6 is 0 Å². The molecule has 6 heteroatoms. The van der Waals surface area contributed by atoms with Gasteiger partial charge in [0.2, 0.25) is 5.91 Å². The molecule has 0 aliphatic heterocycles. The molecule has 3 rings (SSSR count). The highest BCUT2D eigenvalue weighted by atomic mass is 19.3. The minimum Gasteiger partial charge on any atom is -0.435 e. The average Bonchev–Trinajstić information content (AvgIpc) is 3.26. The molecule has 1 aromatic carbocycles. The fraction of sp³-hybridized carbons (Fsp3) is 0.588. The van der Waals surface area contributed by atoms with E-state index in [9.17, 15) is 18.7 Å². The molecule has 2 fully saturated rings. The first-order chi connectivity index (χ1) is 11.1. The number of hydrogen-bond acceptors (Lipinski definition) is 3. The van der Waals surface area contributed by atoms with Gasteiger partial charge in [0.05, 0.1) is 6.10 Å². The Morgan fingerprint density at radius 1 is 1.30 bits per heavy atom. The van der Waals surface area contributed by atoms with Crippen LogP contribution in [0.25, 0.3) is 0 Å². The van der Waals surface area contributed by atoms with Gasteiger partial charge in [0.25, 0.3) is 0 Å². The van der Waals surface area contributed by atoms with Gasteiger partial charge in [-0.25, -0.2) is 0 Å². The van der Waals surface area contributed by atoms with E-state index in [2.05, 4.69) is 10.1 Å². The zero-order chi connectivity index (χ0) is 16.4. The van der Waals surface area contributed by atoms with Crippen LogP contribution in [0.3, 0.4) is 0 Å². The smallest absolute Gasteiger partial charge is 0.387 e. The number of fused-ring (bicyclic) bond motifs is 1. The lowest BCUT2D eigenvalue weighted by molar-refractivity contribution is -0.123. The van der Waals surface area contributed by atoms with Crippen molar-refractivity contribution in [1.29, 1.82) is 0 Å². The van der Waals surface area contributed by atoms with Gasteiger partial charge >= 0.3 is 6.61 Å². The van der Waals surface area contributed by atoms with E-state index in [1.165, 1.54) is 31.0 Å². The van der Waals surface area contributed by atoms with Crippen molar-refractivity contribution in [2.24, 2.45) is 17.8 Å². The predicted molar refractivity (Wildman–Crippen MR) is 80.0 cm³/mol. The van der Waals surface area contributed by atoms with Crippen molar-refractivity contribution in [3.05, 3.63) is 29.8 Å². The fourth-order valence-electron chi connectivity index (χ4n) is 3.71. The molecule has 2 saturated carbocycles. The van der Waals surface area contributed by atoms with Crippen LogP contribution in [0, 0.1) is 17.8 Å². The molecule has 23 heavy (non-hydrogen) atoms. The van der Waals surface area contributed by atoms with Gasteiger partial charge in [0, 0.05) is 12.5 Å². The number of carbonyl (C=O) groups excluding carboxylic acids is 1. The number of halogens is 2. The number of aliphatic hydroxyl groups is 1. The summed E-state index contributed by atoms with van der Waals surface area (Å²) in [6.45, 7) is -2.83. The summed E-state index contributed by atoms with van der Waals surface area (Å²) in [6.07, 6.45) is 3.70. The van der Waals surface area contributed by atoms with E-state index in [0.29, 0.717) is 17.4 Å². The molecule has 3 unspecified atom stereocenters. The van der Waals surface area contributed by atoms with E-state index in [1.807, 2.05) is 0 Å². The maximum absolute atomic E-state index is 12.2. The molecule has 2 N–H and O–H groups in total. The van der Waals surface area contributed by atoms with Crippen LogP contribution < -0.4 is 10.1 Å². The summed E-state index contributed by atoms with van der Waals surface area (Å²) in [5, 5.41) is 12.9. The third-order valence-corrected chi connectivity index (χ3v) is 4.90. The Kier molecular flexibility index (Phi) is 4.80. The second-order valence-electron chi connectivity index (χ2n) is 6.35. The molecule has 0 radical (unpaired) electrons. The van der Waals surface area contributed by atoms with E-state index in [4.69, 9.17) is 0 Å². The number of benzene rings is 1. The lowest BCUT2D eigenvalue weighted by Gasteiger charge is -2.14. The van der Waals surface area contributed by atoms with Crippen LogP contribution in [0.15, 0.2) is 24.3 Å². The minimum atomic E-state index is -2.90. The molecule has 2 aliphatic carbocycles. The molecule has 0 heterocycles. The molecule has 4 nitrogen and oxygen atoms in total. The van der Waals surface area contributed by atoms with Crippen LogP contribution in [0.2, 0.25) is 0 Å². The third kappa shape index (κ3) is 3.80. The first-order valence-electron chi connectivity index (χ1n) is 8.07. The van der Waals surface area contributed by atoms with Crippen molar-refractivity contribution in [3.8, 4) is 5.75 Å². The fourth-order valence-corrected chi connectivity index (χ4v) is 3.71. The maximum Gasteiger partial charge on any atom is 0.387 e. The quantitative estimate of drug-likeness (QED) is 0.845. The zero-order valence-electron chi connectivity index (χ0n) is 12.8. The van der Waals surface area contributed by atoms with Crippen molar-refractivity contribution >= 4 is 5.91 Å². The number of rotatable bonds is 6. The van der Waals surface area contributed by atoms with E-state index < -0.39 is 12.7 Å².